The minimum atomic E-state index is -0.130. The molecule has 6 nitrogen and oxygen atoms in total. The molecule has 2 N–H and O–H groups in total. The number of ether oxygens (including phenoxy) is 1. The third-order valence-electron chi connectivity index (χ3n) is 5.15. The van der Waals surface area contributed by atoms with Crippen LogP contribution in [0.25, 0.3) is 0 Å². The number of fused-ring (bicyclic) bond motifs is 3. The Hall–Kier alpha value is -2.38. The number of carbonyl (C=O) groups excluding carboxylic acids is 2. The quantitative estimate of drug-likeness (QED) is 0.828. The summed E-state index contributed by atoms with van der Waals surface area (Å²) in [5.74, 6) is 1.06. The first-order valence-electron chi connectivity index (χ1n) is 9.25. The summed E-state index contributed by atoms with van der Waals surface area (Å²) < 4.78 is 5.85. The third-order valence-corrected chi connectivity index (χ3v) is 6.11. The molecule has 3 saturated heterocycles. The molecule has 142 valence electrons. The molecule has 4 heterocycles. The van der Waals surface area contributed by atoms with E-state index in [1.165, 1.54) is 31.1 Å². The van der Waals surface area contributed by atoms with Crippen LogP contribution in [0.4, 0.5) is 5.69 Å². The van der Waals surface area contributed by atoms with Crippen LogP contribution in [-0.4, -0.2) is 42.4 Å². The molecule has 7 heteroatoms. The molecule has 2 amide bonds. The van der Waals surface area contributed by atoms with E-state index >= 15 is 0 Å². The lowest BCUT2D eigenvalue weighted by Gasteiger charge is -2.44. The Morgan fingerprint density at radius 3 is 2.70 bits per heavy atom. The number of amides is 2. The molecule has 0 aliphatic carbocycles. The molecule has 2 bridgehead atoms. The number of hydrogen-bond donors (Lipinski definition) is 2. The molecule has 1 aromatic carbocycles. The Morgan fingerprint density at radius 2 is 2.00 bits per heavy atom. The van der Waals surface area contributed by atoms with Gasteiger partial charge in [0.2, 0.25) is 5.91 Å². The number of benzene rings is 1. The lowest BCUT2D eigenvalue weighted by Crippen LogP contribution is -2.57. The molecule has 5 rings (SSSR count). The molecular weight excluding hydrogens is 362 g/mol. The van der Waals surface area contributed by atoms with E-state index in [4.69, 9.17) is 4.74 Å². The summed E-state index contributed by atoms with van der Waals surface area (Å²) in [6.45, 7) is 4.74. The molecule has 0 saturated carbocycles. The topological polar surface area (TPSA) is 70.7 Å². The van der Waals surface area contributed by atoms with Crippen molar-refractivity contribution in [3.8, 4) is 10.8 Å². The first-order valence-corrected chi connectivity index (χ1v) is 10.1. The first-order chi connectivity index (χ1) is 13.1. The summed E-state index contributed by atoms with van der Waals surface area (Å²) in [5.41, 5.74) is 0.678. The summed E-state index contributed by atoms with van der Waals surface area (Å²) in [7, 11) is 0. The second kappa shape index (κ2) is 7.70. The number of piperidine rings is 3. The lowest BCUT2D eigenvalue weighted by atomic mass is 9.84. The van der Waals surface area contributed by atoms with Gasteiger partial charge in [0.05, 0.1) is 4.88 Å². The van der Waals surface area contributed by atoms with Gasteiger partial charge < -0.3 is 20.3 Å². The summed E-state index contributed by atoms with van der Waals surface area (Å²) >= 11 is 1.33. The van der Waals surface area contributed by atoms with Gasteiger partial charge in [-0.3, -0.25) is 9.59 Å². The predicted octanol–water partition coefficient (Wildman–Crippen LogP) is 3.32. The molecular formula is C20H23N3O3S. The highest BCUT2D eigenvalue weighted by Crippen LogP contribution is 2.32. The van der Waals surface area contributed by atoms with Crippen molar-refractivity contribution >= 4 is 28.8 Å². The van der Waals surface area contributed by atoms with Gasteiger partial charge in [-0.2, -0.15) is 0 Å². The Kier molecular flexibility index (Phi) is 5.13. The van der Waals surface area contributed by atoms with Crippen LogP contribution in [0.1, 0.15) is 29.4 Å². The summed E-state index contributed by atoms with van der Waals surface area (Å²) in [4.78, 5) is 26.9. The second-order valence-corrected chi connectivity index (χ2v) is 8.19. The van der Waals surface area contributed by atoms with E-state index in [0.29, 0.717) is 27.3 Å². The van der Waals surface area contributed by atoms with E-state index in [0.717, 1.165) is 19.6 Å². The van der Waals surface area contributed by atoms with Gasteiger partial charge in [0, 0.05) is 31.3 Å². The van der Waals surface area contributed by atoms with Crippen LogP contribution in [-0.2, 0) is 4.79 Å². The lowest BCUT2D eigenvalue weighted by molar-refractivity contribution is -0.114. The van der Waals surface area contributed by atoms with Crippen molar-refractivity contribution in [3.63, 3.8) is 0 Å². The van der Waals surface area contributed by atoms with Gasteiger partial charge in [0.15, 0.2) is 5.06 Å². The highest BCUT2D eigenvalue weighted by molar-refractivity contribution is 7.15. The van der Waals surface area contributed by atoms with Crippen LogP contribution in [0.15, 0.2) is 36.4 Å². The number of rotatable bonds is 5. The van der Waals surface area contributed by atoms with E-state index in [1.54, 1.807) is 24.3 Å². The number of anilines is 1. The van der Waals surface area contributed by atoms with Crippen molar-refractivity contribution in [1.82, 2.24) is 10.2 Å². The second-order valence-electron chi connectivity index (χ2n) is 7.15. The van der Waals surface area contributed by atoms with Gasteiger partial charge in [-0.15, -0.1) is 0 Å². The fourth-order valence-corrected chi connectivity index (χ4v) is 4.60. The molecule has 3 fully saturated rings. The number of carbonyl (C=O) groups is 2. The molecule has 0 unspecified atom stereocenters. The van der Waals surface area contributed by atoms with Crippen LogP contribution in [0.5, 0.6) is 10.8 Å². The zero-order valence-corrected chi connectivity index (χ0v) is 16.1. The first kappa shape index (κ1) is 18.0. The molecule has 27 heavy (non-hydrogen) atoms. The molecule has 1 aromatic heterocycles. The van der Waals surface area contributed by atoms with Gasteiger partial charge in [-0.25, -0.2) is 0 Å². The molecule has 0 spiro atoms. The Morgan fingerprint density at radius 1 is 1.19 bits per heavy atom. The summed E-state index contributed by atoms with van der Waals surface area (Å²) in [6.07, 6.45) is 2.35. The predicted molar refractivity (Wildman–Crippen MR) is 106 cm³/mol. The van der Waals surface area contributed by atoms with Crippen molar-refractivity contribution in [3.05, 3.63) is 41.3 Å². The number of thiophene rings is 1. The van der Waals surface area contributed by atoms with Crippen molar-refractivity contribution in [2.45, 2.75) is 25.8 Å². The zero-order valence-electron chi connectivity index (χ0n) is 15.2. The zero-order chi connectivity index (χ0) is 18.8. The van der Waals surface area contributed by atoms with Crippen LogP contribution >= 0.6 is 11.3 Å². The normalized spacial score (nSPS) is 23.7. The van der Waals surface area contributed by atoms with Crippen molar-refractivity contribution in [1.29, 1.82) is 0 Å². The highest BCUT2D eigenvalue weighted by atomic mass is 32.1. The standard InChI is InChI=1S/C20H23N3O3S/c1-13(24)21-15-3-2-4-16(11-15)26-19-6-5-18(27-19)20(25)22-17-12-23-9-7-14(17)8-10-23/h2-6,11,14,17H,7-10,12H2,1H3,(H,21,24)(H,22,25)/t17-/m0/s1. The molecule has 0 radical (unpaired) electrons. The molecule has 3 aliphatic heterocycles. The maximum Gasteiger partial charge on any atom is 0.261 e. The van der Waals surface area contributed by atoms with E-state index in [9.17, 15) is 9.59 Å². The third kappa shape index (κ3) is 4.31. The average Bonchev–Trinajstić information content (AvgIpc) is 3.11. The van der Waals surface area contributed by atoms with Gasteiger partial charge in [-0.1, -0.05) is 17.4 Å². The maximum atomic E-state index is 12.6. The number of nitrogens with zero attached hydrogens (tertiary/aromatic N) is 1. The highest BCUT2D eigenvalue weighted by Gasteiger charge is 2.35. The largest absolute Gasteiger partial charge is 0.447 e. The van der Waals surface area contributed by atoms with E-state index < -0.39 is 0 Å². The maximum absolute atomic E-state index is 12.6. The minimum Gasteiger partial charge on any atom is -0.447 e. The van der Waals surface area contributed by atoms with Crippen LogP contribution in [0.2, 0.25) is 0 Å². The van der Waals surface area contributed by atoms with E-state index in [1.807, 2.05) is 12.1 Å². The molecule has 2 aromatic rings. The SMILES string of the molecule is CC(=O)Nc1cccc(Oc2ccc(C(=O)N[C@H]3CN4CCC3CC4)s2)c1. The Bertz CT molecular complexity index is 843. The molecule has 3 aliphatic rings. The van der Waals surface area contributed by atoms with Crippen LogP contribution in [0.3, 0.4) is 0 Å². The fraction of sp³-hybridized carbons (Fsp3) is 0.400. The summed E-state index contributed by atoms with van der Waals surface area (Å²) in [6, 6.07) is 11.0. The van der Waals surface area contributed by atoms with Crippen molar-refractivity contribution < 1.29 is 14.3 Å². The minimum absolute atomic E-state index is 0.0272. The van der Waals surface area contributed by atoms with E-state index in [2.05, 4.69) is 15.5 Å². The summed E-state index contributed by atoms with van der Waals surface area (Å²) in [5, 5.41) is 6.58. The fourth-order valence-electron chi connectivity index (χ4n) is 3.82. The van der Waals surface area contributed by atoms with Crippen molar-refractivity contribution in [2.75, 3.05) is 25.0 Å². The molecule has 1 atom stereocenters. The van der Waals surface area contributed by atoms with Crippen LogP contribution in [0, 0.1) is 5.92 Å². The number of hydrogen-bond acceptors (Lipinski definition) is 5. The smallest absolute Gasteiger partial charge is 0.261 e. The van der Waals surface area contributed by atoms with Gasteiger partial charge in [0.1, 0.15) is 5.75 Å². The Labute approximate surface area is 162 Å². The van der Waals surface area contributed by atoms with E-state index in [-0.39, 0.29) is 17.9 Å². The number of nitrogens with one attached hydrogen (secondary N) is 2. The van der Waals surface area contributed by atoms with Crippen LogP contribution < -0.4 is 15.4 Å². The Balaban J connectivity index is 1.38. The van der Waals surface area contributed by atoms with Gasteiger partial charge in [0.25, 0.3) is 5.91 Å². The monoisotopic (exact) mass is 385 g/mol. The van der Waals surface area contributed by atoms with Crippen molar-refractivity contribution in [2.24, 2.45) is 5.92 Å². The van der Waals surface area contributed by atoms with Gasteiger partial charge in [-0.05, 0) is 56.1 Å². The van der Waals surface area contributed by atoms with Gasteiger partial charge >= 0.3 is 0 Å². The average molecular weight is 385 g/mol.